The highest BCUT2D eigenvalue weighted by Crippen LogP contribution is 2.13. The maximum atomic E-state index is 10.8. The van der Waals surface area contributed by atoms with Gasteiger partial charge in [0.25, 0.3) is 0 Å². The molecule has 0 aliphatic carbocycles. The first-order valence-corrected chi connectivity index (χ1v) is 6.70. The Hall–Kier alpha value is -2.86. The smallest absolute Gasteiger partial charge is 0.338 e. The van der Waals surface area contributed by atoms with Gasteiger partial charge in [-0.05, 0) is 35.4 Å². The van der Waals surface area contributed by atoms with Gasteiger partial charge < -0.3 is 21.5 Å². The normalized spacial score (nSPS) is 11.8. The lowest BCUT2D eigenvalue weighted by molar-refractivity contribution is 0.0454. The molecule has 0 atom stereocenters. The molecule has 0 saturated heterocycles. The highest BCUT2D eigenvalue weighted by atomic mass is 16.5. The Labute approximate surface area is 128 Å². The van der Waals surface area contributed by atoms with Crippen molar-refractivity contribution in [3.8, 4) is 0 Å². The number of rotatable bonds is 2. The predicted molar refractivity (Wildman–Crippen MR) is 83.1 cm³/mol. The number of benzene rings is 2. The number of carbonyl (C=O) groups excluding carboxylic acids is 2. The van der Waals surface area contributed by atoms with Crippen molar-refractivity contribution in [1.82, 2.24) is 0 Å². The molecule has 2 amide bonds. The fourth-order valence-electron chi connectivity index (χ4n) is 1.89. The van der Waals surface area contributed by atoms with Crippen LogP contribution >= 0.6 is 0 Å². The maximum absolute atomic E-state index is 10.8. The van der Waals surface area contributed by atoms with Gasteiger partial charge in [0.15, 0.2) is 0 Å². The van der Waals surface area contributed by atoms with Gasteiger partial charge in [0.05, 0.1) is 5.56 Å². The van der Waals surface area contributed by atoms with Crippen LogP contribution in [0.2, 0.25) is 0 Å². The van der Waals surface area contributed by atoms with E-state index in [0.29, 0.717) is 24.4 Å². The monoisotopic (exact) mass is 299 g/mol. The molecular weight excluding hydrogens is 282 g/mol. The summed E-state index contributed by atoms with van der Waals surface area (Å²) in [6.45, 7) is 0.920. The molecule has 3 rings (SSSR count). The van der Waals surface area contributed by atoms with Gasteiger partial charge in [-0.25, -0.2) is 9.59 Å². The number of nitrogens with two attached hydrogens (primary N) is 2. The minimum absolute atomic E-state index is 0.215. The molecule has 22 heavy (non-hydrogen) atoms. The van der Waals surface area contributed by atoms with Gasteiger partial charge in [-0.1, -0.05) is 24.3 Å². The summed E-state index contributed by atoms with van der Waals surface area (Å²) in [5, 5.41) is 2.45. The maximum Gasteiger partial charge on any atom is 0.338 e. The molecule has 0 saturated carbocycles. The molecule has 0 radical (unpaired) electrons. The van der Waals surface area contributed by atoms with E-state index in [2.05, 4.69) is 5.32 Å². The second-order valence-corrected chi connectivity index (χ2v) is 4.67. The molecule has 6 heteroatoms. The summed E-state index contributed by atoms with van der Waals surface area (Å²) in [6.07, 6.45) is 0. The van der Waals surface area contributed by atoms with Crippen LogP contribution in [0.4, 0.5) is 10.5 Å². The number of carbonyl (C=O) groups is 2. The molecule has 1 heterocycles. The van der Waals surface area contributed by atoms with Gasteiger partial charge in [-0.3, -0.25) is 0 Å². The van der Waals surface area contributed by atoms with Gasteiger partial charge in [0, 0.05) is 12.2 Å². The van der Waals surface area contributed by atoms with Crippen molar-refractivity contribution in [2.45, 2.75) is 13.2 Å². The van der Waals surface area contributed by atoms with Crippen molar-refractivity contribution in [2.24, 2.45) is 11.5 Å². The zero-order chi connectivity index (χ0) is 15.9. The van der Waals surface area contributed by atoms with Crippen molar-refractivity contribution in [2.75, 3.05) is 5.32 Å². The van der Waals surface area contributed by atoms with Crippen LogP contribution in [-0.2, 0) is 17.9 Å². The third-order valence-corrected chi connectivity index (χ3v) is 2.99. The van der Waals surface area contributed by atoms with Crippen LogP contribution in [0.15, 0.2) is 48.5 Å². The standard InChI is InChI=1S/C8H11N3O.C8H6O2/c9-5-6-1-3-7(4-2-6)11-8(10)12;9-8-7-3-1-2-6(4-7)5-10-8/h1-4H,5,9H2,(H3,10,11,12);1-4H,5H2. The first-order chi connectivity index (χ1) is 10.6. The van der Waals surface area contributed by atoms with Crippen LogP contribution < -0.4 is 16.8 Å². The lowest BCUT2D eigenvalue weighted by Gasteiger charge is -2.11. The molecular formula is C16H17N3O3. The average Bonchev–Trinajstić information content (AvgIpc) is 2.53. The number of cyclic esters (lactones) is 1. The quantitative estimate of drug-likeness (QED) is 0.737. The number of ether oxygens (including phenoxy) is 1. The Morgan fingerprint density at radius 3 is 2.50 bits per heavy atom. The van der Waals surface area contributed by atoms with E-state index in [4.69, 9.17) is 16.2 Å². The molecule has 6 nitrogen and oxygen atoms in total. The highest BCUT2D eigenvalue weighted by molar-refractivity contribution is 5.90. The first kappa shape index (κ1) is 15.5. The van der Waals surface area contributed by atoms with Crippen molar-refractivity contribution in [3.63, 3.8) is 0 Å². The lowest BCUT2D eigenvalue weighted by atomic mass is 10.1. The number of primary amides is 1. The van der Waals surface area contributed by atoms with E-state index in [-0.39, 0.29) is 5.97 Å². The second kappa shape index (κ2) is 7.24. The Kier molecular flexibility index (Phi) is 5.11. The fraction of sp³-hybridized carbons (Fsp3) is 0.125. The van der Waals surface area contributed by atoms with Gasteiger partial charge in [0.2, 0.25) is 0 Å². The topological polar surface area (TPSA) is 107 Å². The van der Waals surface area contributed by atoms with Crippen LogP contribution in [-0.4, -0.2) is 12.0 Å². The number of urea groups is 1. The highest BCUT2D eigenvalue weighted by Gasteiger charge is 2.12. The van der Waals surface area contributed by atoms with Gasteiger partial charge in [0.1, 0.15) is 6.61 Å². The van der Waals surface area contributed by atoms with Crippen molar-refractivity contribution < 1.29 is 14.3 Å². The summed E-state index contributed by atoms with van der Waals surface area (Å²) in [4.78, 5) is 21.2. The lowest BCUT2D eigenvalue weighted by Crippen LogP contribution is -2.19. The van der Waals surface area contributed by atoms with E-state index in [9.17, 15) is 9.59 Å². The molecule has 5 N–H and O–H groups in total. The Balaban J connectivity index is 0.000000162. The number of nitrogens with one attached hydrogen (secondary N) is 1. The molecule has 0 aromatic heterocycles. The molecule has 1 aliphatic rings. The van der Waals surface area contributed by atoms with Crippen LogP contribution in [0.5, 0.6) is 0 Å². The molecule has 2 aromatic rings. The van der Waals surface area contributed by atoms with Gasteiger partial charge in [-0.2, -0.15) is 0 Å². The second-order valence-electron chi connectivity index (χ2n) is 4.67. The summed E-state index contributed by atoms with van der Waals surface area (Å²) in [5.74, 6) is -0.215. The van der Waals surface area contributed by atoms with E-state index >= 15 is 0 Å². The van der Waals surface area contributed by atoms with E-state index in [1.807, 2.05) is 30.3 Å². The van der Waals surface area contributed by atoms with E-state index < -0.39 is 6.03 Å². The average molecular weight is 299 g/mol. The number of hydrogen-bond donors (Lipinski definition) is 3. The summed E-state index contributed by atoms with van der Waals surface area (Å²) in [6, 6.07) is 14.0. The summed E-state index contributed by atoms with van der Waals surface area (Å²) in [7, 11) is 0. The zero-order valence-electron chi connectivity index (χ0n) is 11.9. The molecule has 2 aromatic carbocycles. The minimum atomic E-state index is -0.560. The van der Waals surface area contributed by atoms with Crippen LogP contribution in [0.1, 0.15) is 21.5 Å². The number of hydrogen-bond acceptors (Lipinski definition) is 4. The van der Waals surface area contributed by atoms with Crippen molar-refractivity contribution in [3.05, 3.63) is 65.2 Å². The summed E-state index contributed by atoms with van der Waals surface area (Å²) < 4.78 is 4.82. The molecule has 1 aliphatic heterocycles. The number of amides is 2. The SMILES string of the molecule is NCc1ccc(NC(N)=O)cc1.O=C1OCc2cccc1c2. The molecule has 2 bridgehead atoms. The Morgan fingerprint density at radius 1 is 1.18 bits per heavy atom. The molecule has 0 unspecified atom stereocenters. The van der Waals surface area contributed by atoms with E-state index in [1.165, 1.54) is 0 Å². The predicted octanol–water partition coefficient (Wildman–Crippen LogP) is 1.99. The first-order valence-electron chi connectivity index (χ1n) is 6.70. The minimum Gasteiger partial charge on any atom is -0.457 e. The number of esters is 1. The summed E-state index contributed by atoms with van der Waals surface area (Å²) in [5.41, 5.74) is 13.7. The fourth-order valence-corrected chi connectivity index (χ4v) is 1.89. The van der Waals surface area contributed by atoms with E-state index in [1.54, 1.807) is 18.2 Å². The summed E-state index contributed by atoms with van der Waals surface area (Å²) >= 11 is 0. The zero-order valence-corrected chi connectivity index (χ0v) is 11.9. The van der Waals surface area contributed by atoms with Gasteiger partial charge >= 0.3 is 12.0 Å². The Morgan fingerprint density at radius 2 is 1.91 bits per heavy atom. The molecule has 0 spiro atoms. The van der Waals surface area contributed by atoms with Crippen LogP contribution in [0.25, 0.3) is 0 Å². The third kappa shape index (κ3) is 4.32. The van der Waals surface area contributed by atoms with Crippen molar-refractivity contribution in [1.29, 1.82) is 0 Å². The van der Waals surface area contributed by atoms with Gasteiger partial charge in [-0.15, -0.1) is 0 Å². The van der Waals surface area contributed by atoms with Crippen molar-refractivity contribution >= 4 is 17.7 Å². The molecule has 0 fully saturated rings. The Bertz CT molecular complexity index is 669. The van der Waals surface area contributed by atoms with Crippen LogP contribution in [0, 0.1) is 0 Å². The number of fused-ring (bicyclic) bond motifs is 2. The van der Waals surface area contributed by atoms with E-state index in [0.717, 1.165) is 11.1 Å². The largest absolute Gasteiger partial charge is 0.457 e. The molecule has 114 valence electrons. The van der Waals surface area contributed by atoms with Crippen LogP contribution in [0.3, 0.4) is 0 Å². The number of anilines is 1. The third-order valence-electron chi connectivity index (χ3n) is 2.99.